The molecule has 108 valence electrons. The van der Waals surface area contributed by atoms with Crippen molar-refractivity contribution >= 4 is 23.2 Å². The van der Waals surface area contributed by atoms with Crippen molar-refractivity contribution in [3.63, 3.8) is 0 Å². The summed E-state index contributed by atoms with van der Waals surface area (Å²) in [7, 11) is 5.33. The van der Waals surface area contributed by atoms with Crippen molar-refractivity contribution in [3.05, 3.63) is 35.9 Å². The molecule has 0 aliphatic heterocycles. The summed E-state index contributed by atoms with van der Waals surface area (Å²) < 4.78 is 4.96. The first kappa shape index (κ1) is 15.0. The summed E-state index contributed by atoms with van der Waals surface area (Å²) in [5.74, 6) is 0.207. The molecule has 0 aromatic heterocycles. The topological polar surface area (TPSA) is 29.5 Å². The van der Waals surface area contributed by atoms with E-state index in [9.17, 15) is 4.79 Å². The minimum Gasteiger partial charge on any atom is -0.469 e. The van der Waals surface area contributed by atoms with Crippen LogP contribution in [-0.4, -0.2) is 37.1 Å². The zero-order valence-corrected chi connectivity index (χ0v) is 13.0. The van der Waals surface area contributed by atoms with Crippen LogP contribution in [0.25, 0.3) is 0 Å². The van der Waals surface area contributed by atoms with Crippen molar-refractivity contribution in [3.8, 4) is 0 Å². The molecule has 3 nitrogen and oxygen atoms in total. The second-order valence-electron chi connectivity index (χ2n) is 5.55. The van der Waals surface area contributed by atoms with E-state index in [1.54, 1.807) is 0 Å². The van der Waals surface area contributed by atoms with Crippen LogP contribution in [0.1, 0.15) is 24.3 Å². The highest BCUT2D eigenvalue weighted by Gasteiger charge is 2.42. The standard InChI is InChI=1S/C16H21NO2S/c1-17(2)15(20)13-9-12(10-14(13)16(18)19-3)11-7-5-4-6-8-11/h4-8,12-14H,9-10H2,1-3H3/t12-,13+,14+/m0/s1. The molecule has 1 saturated carbocycles. The van der Waals surface area contributed by atoms with Gasteiger partial charge in [0.1, 0.15) is 0 Å². The highest BCUT2D eigenvalue weighted by atomic mass is 32.1. The smallest absolute Gasteiger partial charge is 0.309 e. The Morgan fingerprint density at radius 1 is 1.20 bits per heavy atom. The van der Waals surface area contributed by atoms with E-state index in [0.29, 0.717) is 5.92 Å². The lowest BCUT2D eigenvalue weighted by Gasteiger charge is -2.23. The molecule has 1 aliphatic rings. The molecule has 0 radical (unpaired) electrons. The van der Waals surface area contributed by atoms with Crippen molar-refractivity contribution in [1.29, 1.82) is 0 Å². The van der Waals surface area contributed by atoms with Crippen LogP contribution < -0.4 is 0 Å². The van der Waals surface area contributed by atoms with Crippen LogP contribution >= 0.6 is 12.2 Å². The molecule has 3 atom stereocenters. The molecular formula is C16H21NO2S. The van der Waals surface area contributed by atoms with Crippen molar-refractivity contribution in [2.45, 2.75) is 18.8 Å². The Hall–Kier alpha value is -1.42. The Kier molecular flexibility index (Phi) is 4.76. The SMILES string of the molecule is COC(=O)[C@@H]1C[C@@H](c2ccccc2)C[C@H]1C(=S)N(C)C. The highest BCUT2D eigenvalue weighted by Crippen LogP contribution is 2.44. The number of methoxy groups -OCH3 is 1. The third-order valence-corrected chi connectivity index (χ3v) is 4.76. The molecule has 1 fully saturated rings. The summed E-state index contributed by atoms with van der Waals surface area (Å²) >= 11 is 5.50. The van der Waals surface area contributed by atoms with Crippen molar-refractivity contribution in [1.82, 2.24) is 4.90 Å². The van der Waals surface area contributed by atoms with Gasteiger partial charge in [0, 0.05) is 20.0 Å². The molecule has 0 saturated heterocycles. The van der Waals surface area contributed by atoms with Crippen LogP contribution in [0.3, 0.4) is 0 Å². The first-order chi connectivity index (χ1) is 9.54. The largest absolute Gasteiger partial charge is 0.469 e. The van der Waals surface area contributed by atoms with Crippen molar-refractivity contribution in [2.75, 3.05) is 21.2 Å². The number of carbonyl (C=O) groups is 1. The third kappa shape index (κ3) is 3.01. The predicted molar refractivity (Wildman–Crippen MR) is 83.7 cm³/mol. The Morgan fingerprint density at radius 2 is 1.80 bits per heavy atom. The van der Waals surface area contributed by atoms with E-state index in [4.69, 9.17) is 17.0 Å². The first-order valence-electron chi connectivity index (χ1n) is 6.88. The van der Waals surface area contributed by atoms with Gasteiger partial charge in [-0.3, -0.25) is 4.79 Å². The predicted octanol–water partition coefficient (Wildman–Crippen LogP) is 2.86. The number of rotatable bonds is 3. The maximum absolute atomic E-state index is 12.0. The summed E-state index contributed by atoms with van der Waals surface area (Å²) in [5.41, 5.74) is 1.28. The minimum absolute atomic E-state index is 0.0951. The van der Waals surface area contributed by atoms with Crippen molar-refractivity contribution in [2.24, 2.45) is 11.8 Å². The lowest BCUT2D eigenvalue weighted by Crippen LogP contribution is -2.33. The second-order valence-corrected chi connectivity index (χ2v) is 5.97. The fraction of sp³-hybridized carbons (Fsp3) is 0.500. The van der Waals surface area contributed by atoms with E-state index in [2.05, 4.69) is 12.1 Å². The van der Waals surface area contributed by atoms with Crippen LogP contribution in [-0.2, 0) is 9.53 Å². The van der Waals surface area contributed by atoms with E-state index in [1.165, 1.54) is 12.7 Å². The molecule has 1 aromatic carbocycles. The molecule has 2 rings (SSSR count). The fourth-order valence-electron chi connectivity index (χ4n) is 3.05. The maximum atomic E-state index is 12.0. The van der Waals surface area contributed by atoms with Gasteiger partial charge in [0.25, 0.3) is 0 Å². The third-order valence-electron chi connectivity index (χ3n) is 4.10. The molecule has 0 bridgehead atoms. The molecule has 0 unspecified atom stereocenters. The van der Waals surface area contributed by atoms with Gasteiger partial charge in [-0.15, -0.1) is 0 Å². The average molecular weight is 291 g/mol. The summed E-state index contributed by atoms with van der Waals surface area (Å²) in [5, 5.41) is 0. The molecule has 0 spiro atoms. The van der Waals surface area contributed by atoms with Crippen LogP contribution in [0.15, 0.2) is 30.3 Å². The molecular weight excluding hydrogens is 270 g/mol. The zero-order valence-electron chi connectivity index (χ0n) is 12.2. The molecule has 0 heterocycles. The number of ether oxygens (including phenoxy) is 1. The number of thiocarbonyl (C=S) groups is 1. The number of carbonyl (C=O) groups excluding carboxylic acids is 1. The van der Waals surface area contributed by atoms with Gasteiger partial charge in [0.15, 0.2) is 0 Å². The van der Waals surface area contributed by atoms with E-state index in [0.717, 1.165) is 17.8 Å². The molecule has 4 heteroatoms. The summed E-state index contributed by atoms with van der Waals surface area (Å²) in [6, 6.07) is 10.3. The Labute approximate surface area is 125 Å². The Morgan fingerprint density at radius 3 is 2.35 bits per heavy atom. The Bertz CT molecular complexity index is 487. The molecule has 1 aromatic rings. The van der Waals surface area contributed by atoms with E-state index in [-0.39, 0.29) is 17.8 Å². The van der Waals surface area contributed by atoms with E-state index < -0.39 is 0 Å². The fourth-order valence-corrected chi connectivity index (χ4v) is 3.31. The first-order valence-corrected chi connectivity index (χ1v) is 7.29. The van der Waals surface area contributed by atoms with Gasteiger partial charge < -0.3 is 9.64 Å². The molecule has 1 aliphatic carbocycles. The summed E-state index contributed by atoms with van der Waals surface area (Å²) in [6.45, 7) is 0. The minimum atomic E-state index is -0.141. The van der Waals surface area contributed by atoms with Gasteiger partial charge in [-0.1, -0.05) is 42.5 Å². The normalized spacial score (nSPS) is 25.2. The van der Waals surface area contributed by atoms with Crippen LogP contribution in [0.5, 0.6) is 0 Å². The number of hydrogen-bond donors (Lipinski definition) is 0. The quantitative estimate of drug-likeness (QED) is 0.632. The molecule has 0 amide bonds. The zero-order chi connectivity index (χ0) is 14.7. The van der Waals surface area contributed by atoms with Crippen LogP contribution in [0.2, 0.25) is 0 Å². The van der Waals surface area contributed by atoms with E-state index >= 15 is 0 Å². The lowest BCUT2D eigenvalue weighted by atomic mass is 9.95. The monoisotopic (exact) mass is 291 g/mol. The van der Waals surface area contributed by atoms with Gasteiger partial charge >= 0.3 is 5.97 Å². The van der Waals surface area contributed by atoms with Gasteiger partial charge in [-0.05, 0) is 24.3 Å². The van der Waals surface area contributed by atoms with Crippen LogP contribution in [0, 0.1) is 11.8 Å². The Balaban J connectivity index is 2.22. The van der Waals surface area contributed by atoms with Gasteiger partial charge in [-0.25, -0.2) is 0 Å². The van der Waals surface area contributed by atoms with Gasteiger partial charge in [0.2, 0.25) is 0 Å². The summed E-state index contributed by atoms with van der Waals surface area (Å²) in [4.78, 5) is 14.8. The van der Waals surface area contributed by atoms with E-state index in [1.807, 2.05) is 37.2 Å². The average Bonchev–Trinajstić information content (AvgIpc) is 2.91. The highest BCUT2D eigenvalue weighted by molar-refractivity contribution is 7.80. The molecule has 20 heavy (non-hydrogen) atoms. The lowest BCUT2D eigenvalue weighted by molar-refractivity contribution is -0.145. The van der Waals surface area contributed by atoms with Crippen LogP contribution in [0.4, 0.5) is 0 Å². The number of hydrogen-bond acceptors (Lipinski definition) is 3. The van der Waals surface area contributed by atoms with Crippen molar-refractivity contribution < 1.29 is 9.53 Å². The number of benzene rings is 1. The van der Waals surface area contributed by atoms with Gasteiger partial charge in [0.05, 0.1) is 18.0 Å². The summed E-state index contributed by atoms with van der Waals surface area (Å²) in [6.07, 6.45) is 1.73. The number of esters is 1. The number of nitrogens with zero attached hydrogens (tertiary/aromatic N) is 1. The second kappa shape index (κ2) is 6.35. The molecule has 0 N–H and O–H groups in total. The van der Waals surface area contributed by atoms with Gasteiger partial charge in [-0.2, -0.15) is 0 Å². The maximum Gasteiger partial charge on any atom is 0.309 e.